The lowest BCUT2D eigenvalue weighted by molar-refractivity contribution is -0.155. The lowest BCUT2D eigenvalue weighted by Gasteiger charge is -2.34. The number of nitrogens with one attached hydrogen (secondary N) is 3. The minimum absolute atomic E-state index is 0.108. The maximum absolute atomic E-state index is 12.5. The molecular formula is C14H16ClN5O6S. The fourth-order valence-electron chi connectivity index (χ4n) is 2.06. The number of nitrogens with zero attached hydrogens (tertiary/aromatic N) is 2. The van der Waals surface area contributed by atoms with Crippen LogP contribution in [0.4, 0.5) is 5.13 Å². The van der Waals surface area contributed by atoms with Gasteiger partial charge in [0.05, 0.1) is 6.61 Å². The molecule has 3 amide bonds. The second kappa shape index (κ2) is 9.28. The van der Waals surface area contributed by atoms with Gasteiger partial charge < -0.3 is 25.5 Å². The number of alkyl halides is 1. The SMILES string of the molecule is CCOC(=O)C1NC(=O)C1NC(=O)C(=NOC)c1csc(NC(=O)CCl)n1. The Morgan fingerprint density at radius 3 is 2.78 bits per heavy atom. The first kappa shape index (κ1) is 20.6. The van der Waals surface area contributed by atoms with E-state index in [9.17, 15) is 19.2 Å². The van der Waals surface area contributed by atoms with Gasteiger partial charge in [-0.25, -0.2) is 9.78 Å². The van der Waals surface area contributed by atoms with E-state index in [1.54, 1.807) is 6.92 Å². The van der Waals surface area contributed by atoms with Gasteiger partial charge in [-0.3, -0.25) is 14.4 Å². The number of carbonyl (C=O) groups excluding carboxylic acids is 4. The van der Waals surface area contributed by atoms with Gasteiger partial charge in [0.15, 0.2) is 16.9 Å². The minimum Gasteiger partial charge on any atom is -0.464 e. The van der Waals surface area contributed by atoms with Crippen LogP contribution in [0.5, 0.6) is 0 Å². The summed E-state index contributed by atoms with van der Waals surface area (Å²) < 4.78 is 4.83. The van der Waals surface area contributed by atoms with Gasteiger partial charge in [0.1, 0.15) is 24.7 Å². The average Bonchev–Trinajstić information content (AvgIpc) is 3.09. The zero-order chi connectivity index (χ0) is 20.0. The van der Waals surface area contributed by atoms with Gasteiger partial charge in [0.2, 0.25) is 11.8 Å². The van der Waals surface area contributed by atoms with Gasteiger partial charge in [-0.2, -0.15) is 0 Å². The number of carbonyl (C=O) groups is 4. The van der Waals surface area contributed by atoms with Crippen LogP contribution in [0.25, 0.3) is 0 Å². The van der Waals surface area contributed by atoms with Crippen LogP contribution in [0.1, 0.15) is 12.6 Å². The first-order chi connectivity index (χ1) is 12.9. The van der Waals surface area contributed by atoms with Crippen molar-refractivity contribution >= 4 is 57.5 Å². The number of aromatic nitrogens is 1. The molecule has 0 bridgehead atoms. The van der Waals surface area contributed by atoms with Gasteiger partial charge in [0.25, 0.3) is 5.91 Å². The number of hydrogen-bond acceptors (Lipinski definition) is 9. The molecule has 1 aromatic rings. The molecule has 2 rings (SSSR count). The normalized spacial score (nSPS) is 18.8. The van der Waals surface area contributed by atoms with Gasteiger partial charge in [-0.15, -0.1) is 22.9 Å². The Morgan fingerprint density at radius 1 is 1.44 bits per heavy atom. The number of halogens is 1. The van der Waals surface area contributed by atoms with E-state index in [-0.39, 0.29) is 29.0 Å². The highest BCUT2D eigenvalue weighted by atomic mass is 35.5. The maximum Gasteiger partial charge on any atom is 0.331 e. The molecular weight excluding hydrogens is 402 g/mol. The van der Waals surface area contributed by atoms with Crippen LogP contribution in [0, 0.1) is 0 Å². The van der Waals surface area contributed by atoms with E-state index >= 15 is 0 Å². The van der Waals surface area contributed by atoms with Crippen molar-refractivity contribution < 1.29 is 28.8 Å². The van der Waals surface area contributed by atoms with Crippen LogP contribution in [-0.2, 0) is 28.8 Å². The molecule has 11 nitrogen and oxygen atoms in total. The Bertz CT molecular complexity index is 782. The summed E-state index contributed by atoms with van der Waals surface area (Å²) in [6, 6.07) is -2.09. The molecule has 27 heavy (non-hydrogen) atoms. The van der Waals surface area contributed by atoms with E-state index in [0.29, 0.717) is 0 Å². The molecule has 146 valence electrons. The second-order valence-corrected chi connectivity index (χ2v) is 6.16. The van der Waals surface area contributed by atoms with Crippen molar-refractivity contribution in [3.05, 3.63) is 11.1 Å². The molecule has 0 aliphatic carbocycles. The Balaban J connectivity index is 2.11. The first-order valence-electron chi connectivity index (χ1n) is 7.62. The summed E-state index contributed by atoms with van der Waals surface area (Å²) in [5.41, 5.74) is -0.126. The number of ether oxygens (including phenoxy) is 1. The van der Waals surface area contributed by atoms with Crippen molar-refractivity contribution in [2.45, 2.75) is 19.0 Å². The van der Waals surface area contributed by atoms with Crippen LogP contribution in [0.3, 0.4) is 0 Å². The lowest BCUT2D eigenvalue weighted by atomic mass is 9.98. The molecule has 2 unspecified atom stereocenters. The number of thiazole rings is 1. The minimum atomic E-state index is -1.10. The third-order valence-electron chi connectivity index (χ3n) is 3.25. The number of esters is 1. The maximum atomic E-state index is 12.5. The number of anilines is 1. The Labute approximate surface area is 162 Å². The summed E-state index contributed by atoms with van der Waals surface area (Å²) >= 11 is 6.45. The third kappa shape index (κ3) is 4.92. The standard InChI is InChI=1S/C14H16ClN5O6S/c1-3-26-13(24)10-9(12(23)19-10)18-11(22)8(20-25-2)6-5-27-14(16-6)17-7(21)4-15/h5,9-10H,3-4H2,1-2H3,(H,18,22)(H,19,23)(H,16,17,21). The van der Waals surface area contributed by atoms with E-state index in [1.165, 1.54) is 12.5 Å². The largest absolute Gasteiger partial charge is 0.464 e. The van der Waals surface area contributed by atoms with Crippen LogP contribution in [0.2, 0.25) is 0 Å². The average molecular weight is 418 g/mol. The molecule has 1 aliphatic rings. The van der Waals surface area contributed by atoms with Gasteiger partial charge in [-0.1, -0.05) is 5.16 Å². The van der Waals surface area contributed by atoms with E-state index in [0.717, 1.165) is 11.3 Å². The molecule has 1 saturated heterocycles. The van der Waals surface area contributed by atoms with Gasteiger partial charge >= 0.3 is 5.97 Å². The van der Waals surface area contributed by atoms with Crippen molar-refractivity contribution in [3.63, 3.8) is 0 Å². The highest BCUT2D eigenvalue weighted by Crippen LogP contribution is 2.17. The number of hydrogen-bond donors (Lipinski definition) is 3. The molecule has 0 radical (unpaired) electrons. The quantitative estimate of drug-likeness (QED) is 0.165. The monoisotopic (exact) mass is 417 g/mol. The second-order valence-electron chi connectivity index (χ2n) is 5.03. The molecule has 1 fully saturated rings. The van der Waals surface area contributed by atoms with Crippen molar-refractivity contribution in [3.8, 4) is 0 Å². The summed E-state index contributed by atoms with van der Waals surface area (Å²) in [4.78, 5) is 56.0. The Hall–Kier alpha value is -2.73. The topological polar surface area (TPSA) is 148 Å². The molecule has 0 saturated carbocycles. The van der Waals surface area contributed by atoms with E-state index in [1.807, 2.05) is 0 Å². The number of rotatable bonds is 8. The molecule has 0 spiro atoms. The number of amides is 3. The zero-order valence-corrected chi connectivity index (χ0v) is 15.8. The lowest BCUT2D eigenvalue weighted by Crippen LogP contribution is -2.72. The summed E-state index contributed by atoms with van der Waals surface area (Å²) in [7, 11) is 1.23. The summed E-state index contributed by atoms with van der Waals surface area (Å²) in [5, 5.41) is 12.5. The van der Waals surface area contributed by atoms with Gasteiger partial charge in [0, 0.05) is 5.38 Å². The van der Waals surface area contributed by atoms with E-state index in [2.05, 4.69) is 30.9 Å². The molecule has 0 aromatic carbocycles. The smallest absolute Gasteiger partial charge is 0.331 e. The number of β-lactam (4-membered cyclic amide) rings is 1. The van der Waals surface area contributed by atoms with Crippen molar-refractivity contribution in [1.29, 1.82) is 0 Å². The van der Waals surface area contributed by atoms with Gasteiger partial charge in [-0.05, 0) is 6.92 Å². The molecule has 2 atom stereocenters. The molecule has 3 N–H and O–H groups in total. The van der Waals surface area contributed by atoms with Crippen LogP contribution < -0.4 is 16.0 Å². The molecule has 1 aromatic heterocycles. The third-order valence-corrected chi connectivity index (χ3v) is 4.25. The van der Waals surface area contributed by atoms with Crippen LogP contribution >= 0.6 is 22.9 Å². The van der Waals surface area contributed by atoms with E-state index < -0.39 is 35.8 Å². The fourth-order valence-corrected chi connectivity index (χ4v) is 2.83. The fraction of sp³-hybridized carbons (Fsp3) is 0.429. The molecule has 2 heterocycles. The summed E-state index contributed by atoms with van der Waals surface area (Å²) in [6.45, 7) is 1.76. The van der Waals surface area contributed by atoms with Crippen molar-refractivity contribution in [2.24, 2.45) is 5.16 Å². The number of oxime groups is 1. The highest BCUT2D eigenvalue weighted by molar-refractivity contribution is 7.14. The Kier molecular flexibility index (Phi) is 7.07. The molecule has 13 heteroatoms. The van der Waals surface area contributed by atoms with E-state index in [4.69, 9.17) is 16.3 Å². The van der Waals surface area contributed by atoms with Crippen molar-refractivity contribution in [2.75, 3.05) is 24.9 Å². The van der Waals surface area contributed by atoms with Crippen LogP contribution in [0.15, 0.2) is 10.5 Å². The van der Waals surface area contributed by atoms with Crippen LogP contribution in [-0.4, -0.2) is 66.1 Å². The van der Waals surface area contributed by atoms with Crippen molar-refractivity contribution in [1.82, 2.24) is 15.6 Å². The predicted molar refractivity (Wildman–Crippen MR) is 95.5 cm³/mol. The first-order valence-corrected chi connectivity index (χ1v) is 9.03. The zero-order valence-electron chi connectivity index (χ0n) is 14.3. The summed E-state index contributed by atoms with van der Waals surface area (Å²) in [6.07, 6.45) is 0. The Morgan fingerprint density at radius 2 is 2.19 bits per heavy atom. The summed E-state index contributed by atoms with van der Waals surface area (Å²) in [5.74, 6) is -2.69. The highest BCUT2D eigenvalue weighted by Gasteiger charge is 2.46. The predicted octanol–water partition coefficient (Wildman–Crippen LogP) is -0.783. The molecule has 1 aliphatic heterocycles.